The van der Waals surface area contributed by atoms with Crippen LogP contribution >= 0.6 is 11.6 Å². The summed E-state index contributed by atoms with van der Waals surface area (Å²) in [5.74, 6) is -0.0220. The molecule has 0 aliphatic rings. The third-order valence-corrected chi connectivity index (χ3v) is 2.54. The van der Waals surface area contributed by atoms with Crippen LogP contribution in [-0.2, 0) is 9.53 Å². The molecule has 0 unspecified atom stereocenters. The zero-order valence-corrected chi connectivity index (χ0v) is 12.3. The van der Waals surface area contributed by atoms with Crippen LogP contribution in [0.5, 0.6) is 5.75 Å². The van der Waals surface area contributed by atoms with Crippen LogP contribution in [-0.4, -0.2) is 24.2 Å². The minimum Gasteiger partial charge on any atom is -0.478 e. The monoisotopic (exact) mass is 300 g/mol. The molecule has 0 fully saturated rings. The molecule has 7 heteroatoms. The van der Waals surface area contributed by atoms with Gasteiger partial charge >= 0.3 is 6.09 Å². The van der Waals surface area contributed by atoms with Gasteiger partial charge in [0.2, 0.25) is 0 Å². The average molecular weight is 301 g/mol. The molecule has 0 bridgehead atoms. The van der Waals surface area contributed by atoms with Crippen LogP contribution in [0.3, 0.4) is 0 Å². The van der Waals surface area contributed by atoms with Crippen LogP contribution in [0.2, 0.25) is 5.02 Å². The minimum absolute atomic E-state index is 0.215. The van der Waals surface area contributed by atoms with Crippen LogP contribution in [0.15, 0.2) is 24.3 Å². The highest BCUT2D eigenvalue weighted by Gasteiger charge is 2.30. The number of carbonyl (C=O) groups excluding carboxylic acids is 2. The number of halogens is 1. The number of amides is 2. The largest absolute Gasteiger partial charge is 0.478 e. The lowest BCUT2D eigenvalue weighted by atomic mass is 10.1. The summed E-state index contributed by atoms with van der Waals surface area (Å²) in [5.41, 5.74) is 3.17. The van der Waals surface area contributed by atoms with Gasteiger partial charge in [-0.05, 0) is 45.0 Å². The molecule has 20 heavy (non-hydrogen) atoms. The molecule has 0 aliphatic carbocycles. The van der Waals surface area contributed by atoms with Crippen molar-refractivity contribution in [3.63, 3.8) is 0 Å². The summed E-state index contributed by atoms with van der Waals surface area (Å²) in [6, 6.07) is 6.61. The Morgan fingerprint density at radius 1 is 1.20 bits per heavy atom. The van der Waals surface area contributed by atoms with Gasteiger partial charge < -0.3 is 9.47 Å². The van der Waals surface area contributed by atoms with Crippen LogP contribution in [0.25, 0.3) is 0 Å². The molecule has 0 heterocycles. The van der Waals surface area contributed by atoms with Crippen molar-refractivity contribution in [1.29, 1.82) is 0 Å². The number of hydrogen-bond donors (Lipinski definition) is 2. The van der Waals surface area contributed by atoms with Crippen LogP contribution in [0.4, 0.5) is 4.79 Å². The first-order chi connectivity index (χ1) is 9.35. The van der Waals surface area contributed by atoms with Gasteiger partial charge in [-0.2, -0.15) is 0 Å². The minimum atomic E-state index is -1.17. The molecule has 1 rings (SSSR count). The van der Waals surface area contributed by atoms with E-state index in [1.807, 2.05) is 0 Å². The van der Waals surface area contributed by atoms with Crippen molar-refractivity contribution in [2.45, 2.75) is 26.4 Å². The van der Waals surface area contributed by atoms with Gasteiger partial charge in [0, 0.05) is 5.02 Å². The van der Waals surface area contributed by atoms with Crippen molar-refractivity contribution in [2.75, 3.05) is 6.61 Å². The Bertz CT molecular complexity index is 474. The quantitative estimate of drug-likeness (QED) is 0.836. The van der Waals surface area contributed by atoms with Gasteiger partial charge in [-0.3, -0.25) is 10.2 Å². The van der Waals surface area contributed by atoms with E-state index in [2.05, 4.69) is 15.6 Å². The number of ether oxygens (including phenoxy) is 2. The maximum atomic E-state index is 11.9. The normalized spacial score (nSPS) is 10.6. The van der Waals surface area contributed by atoms with Gasteiger partial charge in [0.05, 0.1) is 6.61 Å². The Kier molecular flexibility index (Phi) is 5.64. The molecule has 0 aliphatic heterocycles. The topological polar surface area (TPSA) is 76.7 Å². The van der Waals surface area contributed by atoms with E-state index in [9.17, 15) is 9.59 Å². The van der Waals surface area contributed by atoms with E-state index in [-0.39, 0.29) is 6.61 Å². The fourth-order valence-electron chi connectivity index (χ4n) is 1.27. The Hall–Kier alpha value is -1.95. The molecule has 1 aromatic carbocycles. The Labute approximate surface area is 122 Å². The van der Waals surface area contributed by atoms with Crippen molar-refractivity contribution < 1.29 is 19.1 Å². The van der Waals surface area contributed by atoms with Gasteiger partial charge in [-0.25, -0.2) is 10.2 Å². The Morgan fingerprint density at radius 3 is 2.35 bits per heavy atom. The molecular weight excluding hydrogens is 284 g/mol. The summed E-state index contributed by atoms with van der Waals surface area (Å²) in [5, 5.41) is 0.573. The van der Waals surface area contributed by atoms with Crippen LogP contribution < -0.4 is 15.6 Å². The average Bonchev–Trinajstić information content (AvgIpc) is 2.38. The molecule has 0 saturated heterocycles. The molecule has 0 atom stereocenters. The summed E-state index contributed by atoms with van der Waals surface area (Å²) < 4.78 is 10.2. The third kappa shape index (κ3) is 4.97. The number of hydrogen-bond acceptors (Lipinski definition) is 4. The number of nitrogens with one attached hydrogen (secondary N) is 2. The zero-order valence-electron chi connectivity index (χ0n) is 11.5. The Balaban J connectivity index is 2.56. The van der Waals surface area contributed by atoms with Crippen molar-refractivity contribution in [1.82, 2.24) is 10.9 Å². The van der Waals surface area contributed by atoms with Crippen molar-refractivity contribution in [3.8, 4) is 5.75 Å². The first kappa shape index (κ1) is 16.1. The van der Waals surface area contributed by atoms with E-state index in [1.165, 1.54) is 0 Å². The van der Waals surface area contributed by atoms with E-state index < -0.39 is 17.6 Å². The number of carbonyl (C=O) groups is 2. The van der Waals surface area contributed by atoms with E-state index in [1.54, 1.807) is 45.0 Å². The van der Waals surface area contributed by atoms with E-state index in [0.29, 0.717) is 10.8 Å². The maximum Gasteiger partial charge on any atom is 0.426 e. The highest BCUT2D eigenvalue weighted by Crippen LogP contribution is 2.20. The summed E-state index contributed by atoms with van der Waals surface area (Å²) in [7, 11) is 0. The summed E-state index contributed by atoms with van der Waals surface area (Å²) in [6.45, 7) is 5.02. The molecule has 1 aromatic rings. The van der Waals surface area contributed by atoms with E-state index in [0.717, 1.165) is 0 Å². The second kappa shape index (κ2) is 7.00. The molecule has 0 spiro atoms. The molecule has 6 nitrogen and oxygen atoms in total. The van der Waals surface area contributed by atoms with Gasteiger partial charge in [0.25, 0.3) is 5.91 Å². The zero-order chi connectivity index (χ0) is 15.2. The first-order valence-electron chi connectivity index (χ1n) is 6.03. The SMILES string of the molecule is CCOC(=O)NNC(=O)C(C)(C)Oc1ccc(Cl)cc1. The summed E-state index contributed by atoms with van der Waals surface area (Å²) in [6.07, 6.45) is -0.733. The van der Waals surface area contributed by atoms with Gasteiger partial charge in [0.15, 0.2) is 5.60 Å². The van der Waals surface area contributed by atoms with Gasteiger partial charge in [-0.15, -0.1) is 0 Å². The predicted octanol–water partition coefficient (Wildman–Crippen LogP) is 2.27. The standard InChI is InChI=1S/C13H17ClN2O4/c1-4-19-12(18)16-15-11(17)13(2,3)20-10-7-5-9(14)6-8-10/h5-8H,4H2,1-3H3,(H,15,17)(H,16,18). The molecule has 2 amide bonds. The predicted molar refractivity (Wildman–Crippen MR) is 74.5 cm³/mol. The second-order valence-corrected chi connectivity index (χ2v) is 4.80. The van der Waals surface area contributed by atoms with Crippen molar-refractivity contribution in [3.05, 3.63) is 29.3 Å². The lowest BCUT2D eigenvalue weighted by Crippen LogP contribution is -2.53. The summed E-state index contributed by atoms with van der Waals surface area (Å²) in [4.78, 5) is 23.0. The molecule has 0 saturated carbocycles. The molecular formula is C13H17ClN2O4. The van der Waals surface area contributed by atoms with Crippen LogP contribution in [0.1, 0.15) is 20.8 Å². The summed E-state index contributed by atoms with van der Waals surface area (Å²) >= 11 is 5.76. The lowest BCUT2D eigenvalue weighted by molar-refractivity contribution is -0.135. The number of benzene rings is 1. The van der Waals surface area contributed by atoms with Crippen molar-refractivity contribution in [2.24, 2.45) is 0 Å². The van der Waals surface area contributed by atoms with Gasteiger partial charge in [-0.1, -0.05) is 11.6 Å². The lowest BCUT2D eigenvalue weighted by Gasteiger charge is -2.25. The van der Waals surface area contributed by atoms with E-state index in [4.69, 9.17) is 16.3 Å². The Morgan fingerprint density at radius 2 is 1.80 bits per heavy atom. The second-order valence-electron chi connectivity index (χ2n) is 4.37. The fraction of sp³-hybridized carbons (Fsp3) is 0.385. The molecule has 0 radical (unpaired) electrons. The first-order valence-corrected chi connectivity index (χ1v) is 6.40. The maximum absolute atomic E-state index is 11.9. The third-order valence-electron chi connectivity index (χ3n) is 2.29. The van der Waals surface area contributed by atoms with Crippen LogP contribution in [0, 0.1) is 0 Å². The smallest absolute Gasteiger partial charge is 0.426 e. The fourth-order valence-corrected chi connectivity index (χ4v) is 1.40. The van der Waals surface area contributed by atoms with E-state index >= 15 is 0 Å². The van der Waals surface area contributed by atoms with Crippen molar-refractivity contribution >= 4 is 23.6 Å². The molecule has 0 aromatic heterocycles. The highest BCUT2D eigenvalue weighted by molar-refractivity contribution is 6.30. The highest BCUT2D eigenvalue weighted by atomic mass is 35.5. The number of rotatable bonds is 4. The molecule has 110 valence electrons. The molecule has 2 N–H and O–H groups in total. The van der Waals surface area contributed by atoms with Gasteiger partial charge in [0.1, 0.15) is 5.75 Å². The number of hydrazine groups is 1.